The number of thioether (sulfide) groups is 1. The lowest BCUT2D eigenvalue weighted by atomic mass is 10.4. The molecule has 1 aliphatic heterocycles. The van der Waals surface area contributed by atoms with Crippen LogP contribution in [0.2, 0.25) is 0 Å². The summed E-state index contributed by atoms with van der Waals surface area (Å²) in [5, 5.41) is 6.69. The first-order valence-electron chi connectivity index (χ1n) is 7.81. The Morgan fingerprint density at radius 1 is 1.24 bits per heavy atom. The van der Waals surface area contributed by atoms with E-state index in [9.17, 15) is 18.0 Å². The Morgan fingerprint density at radius 3 is 2.60 bits per heavy atom. The molecule has 25 heavy (non-hydrogen) atoms. The van der Waals surface area contributed by atoms with E-state index in [0.717, 1.165) is 22.8 Å². The maximum atomic E-state index is 12.7. The third kappa shape index (κ3) is 5.33. The molecule has 2 heterocycles. The second-order valence-corrected chi connectivity index (χ2v) is 9.08. The number of sulfonamides is 1. The monoisotopic (exact) mass is 407 g/mol. The van der Waals surface area contributed by atoms with Gasteiger partial charge in [-0.3, -0.25) is 4.79 Å². The van der Waals surface area contributed by atoms with Crippen LogP contribution in [-0.2, 0) is 14.8 Å². The van der Waals surface area contributed by atoms with E-state index >= 15 is 0 Å². The summed E-state index contributed by atoms with van der Waals surface area (Å²) in [5.41, 5.74) is 0. The highest BCUT2D eigenvalue weighted by atomic mass is 32.2. The number of hydrogen-bond donors (Lipinski definition) is 2. The van der Waals surface area contributed by atoms with E-state index in [1.165, 1.54) is 10.4 Å². The van der Waals surface area contributed by atoms with Gasteiger partial charge in [0.05, 0.1) is 6.61 Å². The number of nitrogens with zero attached hydrogens (tertiary/aromatic N) is 1. The SMILES string of the molecule is CCOC(=O)NCCNC(=O)c1sccc1S(=O)(=O)N1CCSCC1. The fourth-order valence-corrected chi connectivity index (χ4v) is 6.09. The van der Waals surface area contributed by atoms with Gasteiger partial charge in [0.15, 0.2) is 0 Å². The van der Waals surface area contributed by atoms with Crippen LogP contribution in [-0.4, -0.2) is 69.0 Å². The van der Waals surface area contributed by atoms with Crippen molar-refractivity contribution >= 4 is 45.1 Å². The first-order chi connectivity index (χ1) is 12.0. The second-order valence-electron chi connectivity index (χ2n) is 5.03. The Morgan fingerprint density at radius 2 is 1.92 bits per heavy atom. The predicted octanol–water partition coefficient (Wildman–Crippen LogP) is 0.962. The van der Waals surface area contributed by atoms with E-state index in [-0.39, 0.29) is 29.5 Å². The molecule has 1 aromatic heterocycles. The van der Waals surface area contributed by atoms with Crippen LogP contribution in [0.1, 0.15) is 16.6 Å². The summed E-state index contributed by atoms with van der Waals surface area (Å²) in [4.78, 5) is 23.6. The topological polar surface area (TPSA) is 105 Å². The molecule has 1 aromatic rings. The molecule has 0 aromatic carbocycles. The van der Waals surface area contributed by atoms with Gasteiger partial charge in [-0.1, -0.05) is 0 Å². The summed E-state index contributed by atoms with van der Waals surface area (Å²) in [6, 6.07) is 1.47. The minimum Gasteiger partial charge on any atom is -0.450 e. The highest BCUT2D eigenvalue weighted by molar-refractivity contribution is 7.99. The molecule has 0 unspecified atom stereocenters. The molecule has 1 saturated heterocycles. The number of thiophene rings is 1. The number of rotatable bonds is 7. The molecular weight excluding hydrogens is 386 g/mol. The number of hydrogen-bond acceptors (Lipinski definition) is 7. The van der Waals surface area contributed by atoms with Crippen molar-refractivity contribution in [2.45, 2.75) is 11.8 Å². The van der Waals surface area contributed by atoms with Crippen LogP contribution < -0.4 is 10.6 Å². The predicted molar refractivity (Wildman–Crippen MR) is 97.8 cm³/mol. The van der Waals surface area contributed by atoms with Crippen molar-refractivity contribution in [2.75, 3.05) is 44.3 Å². The summed E-state index contributed by atoms with van der Waals surface area (Å²) in [5.74, 6) is 1.04. The average molecular weight is 408 g/mol. The van der Waals surface area contributed by atoms with Crippen LogP contribution in [0.3, 0.4) is 0 Å². The van der Waals surface area contributed by atoms with E-state index in [0.29, 0.717) is 13.1 Å². The van der Waals surface area contributed by atoms with Gasteiger partial charge in [0.2, 0.25) is 10.0 Å². The fourth-order valence-electron chi connectivity index (χ4n) is 2.20. The zero-order valence-corrected chi connectivity index (χ0v) is 16.3. The Labute approximate surface area is 155 Å². The first kappa shape index (κ1) is 20.0. The van der Waals surface area contributed by atoms with Crippen molar-refractivity contribution < 1.29 is 22.7 Å². The van der Waals surface area contributed by atoms with Crippen molar-refractivity contribution in [3.63, 3.8) is 0 Å². The van der Waals surface area contributed by atoms with Gasteiger partial charge >= 0.3 is 6.09 Å². The van der Waals surface area contributed by atoms with E-state index < -0.39 is 22.0 Å². The molecule has 2 N–H and O–H groups in total. The van der Waals surface area contributed by atoms with Gasteiger partial charge in [0.1, 0.15) is 9.77 Å². The van der Waals surface area contributed by atoms with Gasteiger partial charge in [-0.15, -0.1) is 11.3 Å². The summed E-state index contributed by atoms with van der Waals surface area (Å²) < 4.78 is 31.6. The third-order valence-corrected chi connectivity index (χ3v) is 7.30. The standard InChI is InChI=1S/C14H21N3O5S3/c1-2-22-14(19)16-5-4-15-13(18)12-11(3-8-24-12)25(20,21)17-6-9-23-10-7-17/h3,8H,2,4-7,9-10H2,1H3,(H,15,18)(H,16,19). The molecule has 0 saturated carbocycles. The number of carbonyl (C=O) groups excluding carboxylic acids is 2. The number of amides is 2. The van der Waals surface area contributed by atoms with Gasteiger partial charge in [-0.25, -0.2) is 13.2 Å². The molecule has 140 valence electrons. The number of carbonyl (C=O) groups is 2. The highest BCUT2D eigenvalue weighted by Crippen LogP contribution is 2.26. The average Bonchev–Trinajstić information content (AvgIpc) is 3.10. The molecule has 0 atom stereocenters. The van der Waals surface area contributed by atoms with Gasteiger partial charge in [-0.05, 0) is 18.4 Å². The molecule has 0 radical (unpaired) electrons. The maximum Gasteiger partial charge on any atom is 0.407 e. The molecule has 0 bridgehead atoms. The van der Waals surface area contributed by atoms with Crippen molar-refractivity contribution in [3.05, 3.63) is 16.3 Å². The van der Waals surface area contributed by atoms with Crippen molar-refractivity contribution in [3.8, 4) is 0 Å². The smallest absolute Gasteiger partial charge is 0.407 e. The second kappa shape index (κ2) is 9.41. The molecule has 0 aliphatic carbocycles. The van der Waals surface area contributed by atoms with Crippen molar-refractivity contribution in [1.29, 1.82) is 0 Å². The maximum absolute atomic E-state index is 12.7. The number of ether oxygens (including phenoxy) is 1. The van der Waals surface area contributed by atoms with Crippen molar-refractivity contribution in [1.82, 2.24) is 14.9 Å². The fraction of sp³-hybridized carbons (Fsp3) is 0.571. The third-order valence-electron chi connectivity index (χ3n) is 3.38. The lowest BCUT2D eigenvalue weighted by Gasteiger charge is -2.25. The van der Waals surface area contributed by atoms with Gasteiger partial charge in [-0.2, -0.15) is 16.1 Å². The zero-order chi connectivity index (χ0) is 18.3. The van der Waals surface area contributed by atoms with E-state index in [1.807, 2.05) is 0 Å². The highest BCUT2D eigenvalue weighted by Gasteiger charge is 2.31. The Balaban J connectivity index is 1.95. The molecule has 2 rings (SSSR count). The molecule has 1 aliphatic rings. The van der Waals surface area contributed by atoms with Gasteiger partial charge in [0.25, 0.3) is 5.91 Å². The Kier molecular flexibility index (Phi) is 7.54. The summed E-state index contributed by atoms with van der Waals surface area (Å²) in [7, 11) is -3.67. The molecule has 11 heteroatoms. The summed E-state index contributed by atoms with van der Waals surface area (Å²) >= 11 is 2.80. The van der Waals surface area contributed by atoms with Gasteiger partial charge < -0.3 is 15.4 Å². The lowest BCUT2D eigenvalue weighted by Crippen LogP contribution is -2.39. The molecule has 2 amide bonds. The largest absolute Gasteiger partial charge is 0.450 e. The van der Waals surface area contributed by atoms with Crippen LogP contribution in [0.4, 0.5) is 4.79 Å². The molecule has 1 fully saturated rings. The minimum absolute atomic E-state index is 0.0419. The summed E-state index contributed by atoms with van der Waals surface area (Å²) in [6.45, 7) is 3.24. The Bertz CT molecular complexity index is 698. The van der Waals surface area contributed by atoms with Gasteiger partial charge in [0, 0.05) is 37.7 Å². The van der Waals surface area contributed by atoms with Crippen LogP contribution in [0.5, 0.6) is 0 Å². The zero-order valence-electron chi connectivity index (χ0n) is 13.8. The first-order valence-corrected chi connectivity index (χ1v) is 11.3. The van der Waals surface area contributed by atoms with Crippen molar-refractivity contribution in [2.24, 2.45) is 0 Å². The van der Waals surface area contributed by atoms with E-state index in [1.54, 1.807) is 24.1 Å². The van der Waals surface area contributed by atoms with E-state index in [4.69, 9.17) is 4.74 Å². The Hall–Kier alpha value is -1.30. The molecule has 8 nitrogen and oxygen atoms in total. The van der Waals surface area contributed by atoms with Crippen LogP contribution in [0.15, 0.2) is 16.3 Å². The molecular formula is C14H21N3O5S3. The van der Waals surface area contributed by atoms with Crippen LogP contribution >= 0.6 is 23.1 Å². The van der Waals surface area contributed by atoms with E-state index in [2.05, 4.69) is 10.6 Å². The minimum atomic E-state index is -3.67. The lowest BCUT2D eigenvalue weighted by molar-refractivity contribution is 0.0953. The normalized spacial score (nSPS) is 15.6. The number of alkyl carbamates (subject to hydrolysis) is 1. The summed E-state index contributed by atoms with van der Waals surface area (Å²) in [6.07, 6.45) is -0.556. The quantitative estimate of drug-likeness (QED) is 0.653. The molecule has 0 spiro atoms. The van der Waals surface area contributed by atoms with Crippen LogP contribution in [0.25, 0.3) is 0 Å². The number of nitrogens with one attached hydrogen (secondary N) is 2. The van der Waals surface area contributed by atoms with Crippen LogP contribution in [0, 0.1) is 0 Å².